The third-order valence-corrected chi connectivity index (χ3v) is 9.06. The minimum absolute atomic E-state index is 0.169. The van der Waals surface area contributed by atoms with E-state index >= 15 is 0 Å². The van der Waals surface area contributed by atoms with Crippen molar-refractivity contribution in [1.82, 2.24) is 10.2 Å². The number of allylic oxidation sites excluding steroid dienone is 1. The molecule has 43 heavy (non-hydrogen) atoms. The predicted molar refractivity (Wildman–Crippen MR) is 172 cm³/mol. The summed E-state index contributed by atoms with van der Waals surface area (Å²) >= 11 is 0. The highest BCUT2D eigenvalue weighted by atomic mass is 16.5. The lowest BCUT2D eigenvalue weighted by molar-refractivity contribution is -0.120. The van der Waals surface area contributed by atoms with Crippen LogP contribution in [0.3, 0.4) is 0 Å². The van der Waals surface area contributed by atoms with Crippen molar-refractivity contribution in [3.63, 3.8) is 0 Å². The first kappa shape index (κ1) is 31.1. The van der Waals surface area contributed by atoms with Gasteiger partial charge in [0.15, 0.2) is 0 Å². The molecule has 2 aromatic carbocycles. The van der Waals surface area contributed by atoms with Crippen molar-refractivity contribution >= 4 is 23.2 Å². The molecule has 0 aliphatic carbocycles. The second kappa shape index (κ2) is 14.0. The predicted octanol–water partition coefficient (Wildman–Crippen LogP) is 5.10. The molecule has 2 aromatic rings. The number of aryl methyl sites for hydroxylation is 1. The first-order valence-electron chi connectivity index (χ1n) is 15.7. The Balaban J connectivity index is 1.47. The minimum atomic E-state index is -0.439. The van der Waals surface area contributed by atoms with Gasteiger partial charge < -0.3 is 19.7 Å². The molecular weight excluding hydrogens is 540 g/mol. The van der Waals surface area contributed by atoms with Crippen LogP contribution in [0.25, 0.3) is 11.1 Å². The maximum atomic E-state index is 13.8. The number of benzene rings is 2. The minimum Gasteiger partial charge on any atom is -0.381 e. The van der Waals surface area contributed by atoms with E-state index in [2.05, 4.69) is 58.2 Å². The molecule has 2 amide bonds. The summed E-state index contributed by atoms with van der Waals surface area (Å²) in [5.41, 5.74) is 8.91. The van der Waals surface area contributed by atoms with Crippen LogP contribution in [0.1, 0.15) is 60.7 Å². The summed E-state index contributed by atoms with van der Waals surface area (Å²) < 4.78 is 11.2. The summed E-state index contributed by atoms with van der Waals surface area (Å²) in [4.78, 5) is 35.4. The van der Waals surface area contributed by atoms with E-state index in [0.29, 0.717) is 17.3 Å². The Morgan fingerprint density at radius 3 is 2.42 bits per heavy atom. The van der Waals surface area contributed by atoms with Gasteiger partial charge in [0.2, 0.25) is 0 Å². The Kier molecular flexibility index (Phi) is 10.1. The fraction of sp³-hybridized carbons (Fsp3) is 0.514. The Hall–Kier alpha value is -3.33. The largest absolute Gasteiger partial charge is 0.381 e. The van der Waals surface area contributed by atoms with Gasteiger partial charge in [-0.15, -0.1) is 0 Å². The number of amides is 2. The monoisotopic (exact) mass is 586 g/mol. The zero-order valence-electron chi connectivity index (χ0n) is 26.4. The molecule has 2 fully saturated rings. The Labute approximate surface area is 256 Å². The molecule has 3 aliphatic heterocycles. The number of rotatable bonds is 9. The smallest absolute Gasteiger partial charge is 0.254 e. The first-order chi connectivity index (χ1) is 20.7. The zero-order chi connectivity index (χ0) is 30.5. The van der Waals surface area contributed by atoms with Crippen molar-refractivity contribution in [3.05, 3.63) is 64.2 Å². The number of ether oxygens (including phenoxy) is 2. The van der Waals surface area contributed by atoms with Crippen LogP contribution in [0.15, 0.2) is 47.0 Å². The molecule has 1 atom stereocenters. The van der Waals surface area contributed by atoms with Crippen molar-refractivity contribution < 1.29 is 19.1 Å². The first-order valence-corrected chi connectivity index (χ1v) is 15.7. The number of nitrogens with one attached hydrogen (secondary N) is 1. The second-order valence-corrected chi connectivity index (χ2v) is 12.1. The topological polar surface area (TPSA) is 83.5 Å². The molecule has 2 saturated heterocycles. The third kappa shape index (κ3) is 7.25. The number of hydrogen-bond acceptors (Lipinski definition) is 6. The van der Waals surface area contributed by atoms with E-state index in [1.165, 1.54) is 11.1 Å². The second-order valence-electron chi connectivity index (χ2n) is 12.1. The van der Waals surface area contributed by atoms with Crippen LogP contribution in [-0.4, -0.2) is 81.1 Å². The van der Waals surface area contributed by atoms with Crippen LogP contribution in [0.5, 0.6) is 0 Å². The van der Waals surface area contributed by atoms with Crippen LogP contribution in [-0.2, 0) is 20.8 Å². The SMILES string of the molecule is CCN(c1cc(-c2ccc(CN3CCOCC3)cc2C)cc(C(=O)NCC2C(=O)N=C(C)C=C2C)c1C)C1CCOCC1. The highest BCUT2D eigenvalue weighted by Gasteiger charge is 2.27. The van der Waals surface area contributed by atoms with Gasteiger partial charge in [0.05, 0.1) is 19.1 Å². The quantitative estimate of drug-likeness (QED) is 0.440. The molecule has 5 rings (SSSR count). The van der Waals surface area contributed by atoms with E-state index in [9.17, 15) is 9.59 Å². The highest BCUT2D eigenvalue weighted by molar-refractivity contribution is 6.06. The number of anilines is 1. The molecule has 230 valence electrons. The average molecular weight is 587 g/mol. The van der Waals surface area contributed by atoms with E-state index < -0.39 is 5.92 Å². The normalized spacial score (nSPS) is 20.0. The van der Waals surface area contributed by atoms with Crippen LogP contribution < -0.4 is 10.2 Å². The van der Waals surface area contributed by atoms with E-state index in [1.54, 1.807) is 0 Å². The fourth-order valence-electron chi connectivity index (χ4n) is 6.62. The number of nitrogens with zero attached hydrogens (tertiary/aromatic N) is 3. The van der Waals surface area contributed by atoms with E-state index in [0.717, 1.165) is 93.4 Å². The van der Waals surface area contributed by atoms with Crippen molar-refractivity contribution in [2.24, 2.45) is 10.9 Å². The molecule has 8 nitrogen and oxygen atoms in total. The van der Waals surface area contributed by atoms with Crippen molar-refractivity contribution in [2.45, 2.75) is 60.0 Å². The Bertz CT molecular complexity index is 1400. The third-order valence-electron chi connectivity index (χ3n) is 9.06. The number of dihydropyridines is 1. The molecule has 0 bridgehead atoms. The summed E-state index contributed by atoms with van der Waals surface area (Å²) in [6.07, 6.45) is 3.84. The molecule has 8 heteroatoms. The number of carbonyl (C=O) groups is 2. The van der Waals surface area contributed by atoms with Gasteiger partial charge in [-0.1, -0.05) is 23.8 Å². The number of hydrogen-bond donors (Lipinski definition) is 1. The Morgan fingerprint density at radius 1 is 1.02 bits per heavy atom. The molecule has 3 heterocycles. The van der Waals surface area contributed by atoms with E-state index in [-0.39, 0.29) is 18.4 Å². The maximum Gasteiger partial charge on any atom is 0.254 e. The van der Waals surface area contributed by atoms with Crippen LogP contribution >= 0.6 is 0 Å². The lowest BCUT2D eigenvalue weighted by Gasteiger charge is -2.37. The van der Waals surface area contributed by atoms with Crippen LogP contribution in [0, 0.1) is 19.8 Å². The number of morpholine rings is 1. The summed E-state index contributed by atoms with van der Waals surface area (Å²) in [5.74, 6) is -0.809. The van der Waals surface area contributed by atoms with Crippen LogP contribution in [0.4, 0.5) is 5.69 Å². The summed E-state index contributed by atoms with van der Waals surface area (Å²) in [6, 6.07) is 11.3. The van der Waals surface area contributed by atoms with Crippen molar-refractivity contribution in [3.8, 4) is 11.1 Å². The lowest BCUT2D eigenvalue weighted by atomic mass is 9.92. The van der Waals surface area contributed by atoms with Gasteiger partial charge in [0.1, 0.15) is 0 Å². The average Bonchev–Trinajstić information content (AvgIpc) is 2.99. The Morgan fingerprint density at radius 2 is 1.74 bits per heavy atom. The maximum absolute atomic E-state index is 13.8. The van der Waals surface area contributed by atoms with Crippen molar-refractivity contribution in [2.75, 3.05) is 57.5 Å². The van der Waals surface area contributed by atoms with Gasteiger partial charge in [0.25, 0.3) is 11.8 Å². The molecule has 3 aliphatic rings. The molecule has 1 N–H and O–H groups in total. The molecular formula is C35H46N4O4. The summed E-state index contributed by atoms with van der Waals surface area (Å²) in [7, 11) is 0. The molecule has 0 saturated carbocycles. The van der Waals surface area contributed by atoms with Crippen LogP contribution in [0.2, 0.25) is 0 Å². The van der Waals surface area contributed by atoms with Gasteiger partial charge >= 0.3 is 0 Å². The van der Waals surface area contributed by atoms with Gasteiger partial charge in [-0.2, -0.15) is 0 Å². The molecule has 0 radical (unpaired) electrons. The van der Waals surface area contributed by atoms with Crippen molar-refractivity contribution in [1.29, 1.82) is 0 Å². The molecule has 0 spiro atoms. The lowest BCUT2D eigenvalue weighted by Crippen LogP contribution is -2.40. The van der Waals surface area contributed by atoms with E-state index in [4.69, 9.17) is 9.47 Å². The molecule has 1 unspecified atom stereocenters. The highest BCUT2D eigenvalue weighted by Crippen LogP contribution is 2.35. The standard InChI is InChI=1S/C35H46N4O4/c1-6-39(29-9-13-42-14-10-29)33-20-28(30-8-7-27(18-24(30)3)22-38-11-15-43-16-12-38)19-31(26(33)5)34(40)36-21-32-23(2)17-25(4)37-35(32)41/h7-8,17-20,29,32H,6,9-16,21-22H2,1-5H3,(H,36,40). The van der Waals surface area contributed by atoms with Gasteiger partial charge in [-0.25, -0.2) is 4.99 Å². The van der Waals surface area contributed by atoms with Gasteiger partial charge in [-0.05, 0) is 93.5 Å². The number of aliphatic imine (C=N–C) groups is 1. The zero-order valence-corrected chi connectivity index (χ0v) is 26.4. The van der Waals surface area contributed by atoms with Gasteiger partial charge in [0, 0.05) is 68.9 Å². The van der Waals surface area contributed by atoms with Gasteiger partial charge in [-0.3, -0.25) is 14.5 Å². The summed E-state index contributed by atoms with van der Waals surface area (Å²) in [5, 5.41) is 3.07. The summed E-state index contributed by atoms with van der Waals surface area (Å²) in [6.45, 7) is 17.1. The fourth-order valence-corrected chi connectivity index (χ4v) is 6.62. The van der Waals surface area contributed by atoms with E-state index in [1.807, 2.05) is 32.9 Å². The number of carbonyl (C=O) groups excluding carboxylic acids is 2. The molecule has 0 aromatic heterocycles.